The highest BCUT2D eigenvalue weighted by atomic mass is 16.6. The lowest BCUT2D eigenvalue weighted by atomic mass is 10.3. The van der Waals surface area contributed by atoms with Crippen molar-refractivity contribution in [1.82, 2.24) is 0 Å². The summed E-state index contributed by atoms with van der Waals surface area (Å²) in [6.45, 7) is 4.01. The molecule has 0 saturated heterocycles. The molecule has 0 heterocycles. The molecule has 0 radical (unpaired) electrons. The number of non-ortho nitro benzene ring substituents is 1. The van der Waals surface area contributed by atoms with Crippen molar-refractivity contribution >= 4 is 11.6 Å². The second-order valence-corrected chi connectivity index (χ2v) is 2.89. The molecule has 0 aromatic heterocycles. The van der Waals surface area contributed by atoms with Crippen LogP contribution in [0.4, 0.5) is 5.69 Å². The Kier molecular flexibility index (Phi) is 4.26. The summed E-state index contributed by atoms with van der Waals surface area (Å²) in [6.07, 6.45) is 0. The van der Waals surface area contributed by atoms with Gasteiger partial charge in [-0.1, -0.05) is 0 Å². The van der Waals surface area contributed by atoms with E-state index in [0.29, 0.717) is 18.3 Å². The average molecular weight is 224 g/mol. The molecule has 0 bridgehead atoms. The first kappa shape index (κ1) is 12.0. The number of benzene rings is 1. The number of nitrogens with zero attached hydrogens (tertiary/aromatic N) is 2. The van der Waals surface area contributed by atoms with Crippen LogP contribution in [0.3, 0.4) is 0 Å². The minimum Gasteiger partial charge on any atom is -0.479 e. The number of oxime groups is 1. The molecule has 6 nitrogen and oxygen atoms in total. The van der Waals surface area contributed by atoms with Gasteiger partial charge in [-0.2, -0.15) is 0 Å². The standard InChI is InChI=1S/C10H12N2O4/c1-3-15-8(2)11-16-10-6-4-9(5-7-10)12(13)14/h4-7H,3H2,1-2H3. The number of ether oxygens (including phenoxy) is 1. The van der Waals surface area contributed by atoms with Crippen LogP contribution in [0.2, 0.25) is 0 Å². The molecule has 1 rings (SSSR count). The van der Waals surface area contributed by atoms with Gasteiger partial charge < -0.3 is 9.57 Å². The molecular weight excluding hydrogens is 212 g/mol. The van der Waals surface area contributed by atoms with Crippen molar-refractivity contribution in [3.05, 3.63) is 34.4 Å². The summed E-state index contributed by atoms with van der Waals surface area (Å²) >= 11 is 0. The third-order valence-corrected chi connectivity index (χ3v) is 1.68. The Balaban J connectivity index is 2.62. The Morgan fingerprint density at radius 1 is 1.44 bits per heavy atom. The molecule has 0 aliphatic heterocycles. The lowest BCUT2D eigenvalue weighted by Crippen LogP contribution is -2.00. The van der Waals surface area contributed by atoms with Gasteiger partial charge in [-0.25, -0.2) is 0 Å². The Labute approximate surface area is 92.6 Å². The molecule has 16 heavy (non-hydrogen) atoms. The first-order valence-corrected chi connectivity index (χ1v) is 4.72. The van der Waals surface area contributed by atoms with E-state index in [9.17, 15) is 10.1 Å². The number of nitro groups is 1. The van der Waals surface area contributed by atoms with Crippen molar-refractivity contribution in [2.45, 2.75) is 13.8 Å². The van der Waals surface area contributed by atoms with Crippen molar-refractivity contribution < 1.29 is 14.5 Å². The van der Waals surface area contributed by atoms with Crippen LogP contribution in [-0.2, 0) is 4.74 Å². The lowest BCUT2D eigenvalue weighted by molar-refractivity contribution is -0.384. The maximum atomic E-state index is 10.4. The Bertz CT molecular complexity index is 386. The second kappa shape index (κ2) is 5.69. The highest BCUT2D eigenvalue weighted by molar-refractivity contribution is 5.72. The molecular formula is C10H12N2O4. The molecule has 0 aliphatic rings. The predicted octanol–water partition coefficient (Wildman–Crippen LogP) is 2.34. The molecule has 1 aromatic rings. The number of hydrogen-bond donors (Lipinski definition) is 0. The van der Waals surface area contributed by atoms with Gasteiger partial charge in [0.15, 0.2) is 5.75 Å². The molecule has 86 valence electrons. The number of nitro benzene ring substituents is 1. The van der Waals surface area contributed by atoms with Crippen molar-refractivity contribution in [3.63, 3.8) is 0 Å². The zero-order valence-electron chi connectivity index (χ0n) is 9.04. The SMILES string of the molecule is CCOC(C)=NOc1ccc([N+](=O)[O-])cc1. The normalized spacial score (nSPS) is 11.0. The van der Waals surface area contributed by atoms with Crippen LogP contribution < -0.4 is 4.84 Å². The van der Waals surface area contributed by atoms with Crippen molar-refractivity contribution in [1.29, 1.82) is 0 Å². The van der Waals surface area contributed by atoms with Crippen LogP contribution in [0, 0.1) is 10.1 Å². The van der Waals surface area contributed by atoms with Crippen molar-refractivity contribution in [2.24, 2.45) is 5.16 Å². The van der Waals surface area contributed by atoms with Crippen molar-refractivity contribution in [3.8, 4) is 5.75 Å². The Hall–Kier alpha value is -2.11. The van der Waals surface area contributed by atoms with Crippen LogP contribution in [-0.4, -0.2) is 17.4 Å². The third kappa shape index (κ3) is 3.56. The van der Waals surface area contributed by atoms with Gasteiger partial charge in [0.25, 0.3) is 5.69 Å². The summed E-state index contributed by atoms with van der Waals surface area (Å²) in [6, 6.07) is 5.64. The molecule has 0 atom stereocenters. The number of rotatable bonds is 4. The van der Waals surface area contributed by atoms with Gasteiger partial charge in [0, 0.05) is 19.1 Å². The van der Waals surface area contributed by atoms with Crippen LogP contribution in [0.1, 0.15) is 13.8 Å². The molecule has 0 unspecified atom stereocenters. The van der Waals surface area contributed by atoms with Crippen molar-refractivity contribution in [2.75, 3.05) is 6.61 Å². The fourth-order valence-electron chi connectivity index (χ4n) is 0.981. The van der Waals surface area contributed by atoms with E-state index in [1.165, 1.54) is 24.3 Å². The summed E-state index contributed by atoms with van der Waals surface area (Å²) in [5.74, 6) is 0.825. The van der Waals surface area contributed by atoms with Crippen LogP contribution >= 0.6 is 0 Å². The molecule has 1 aromatic carbocycles. The molecule has 6 heteroatoms. The summed E-state index contributed by atoms with van der Waals surface area (Å²) in [5, 5.41) is 14.1. The zero-order chi connectivity index (χ0) is 12.0. The second-order valence-electron chi connectivity index (χ2n) is 2.89. The van der Waals surface area contributed by atoms with Gasteiger partial charge in [-0.15, -0.1) is 0 Å². The molecule has 0 saturated carbocycles. The summed E-state index contributed by atoms with van der Waals surface area (Å²) in [5.41, 5.74) is 0.0119. The zero-order valence-corrected chi connectivity index (χ0v) is 9.04. The first-order valence-electron chi connectivity index (χ1n) is 4.72. The molecule has 0 fully saturated rings. The van der Waals surface area contributed by atoms with Crippen LogP contribution in [0.25, 0.3) is 0 Å². The smallest absolute Gasteiger partial charge is 0.269 e. The van der Waals surface area contributed by atoms with Gasteiger partial charge in [0.05, 0.1) is 11.5 Å². The summed E-state index contributed by atoms with van der Waals surface area (Å²) in [7, 11) is 0. The minimum atomic E-state index is -0.474. The molecule has 0 spiro atoms. The van der Waals surface area contributed by atoms with Gasteiger partial charge in [0.1, 0.15) is 0 Å². The highest BCUT2D eigenvalue weighted by Crippen LogP contribution is 2.17. The van der Waals surface area contributed by atoms with Gasteiger partial charge in [0.2, 0.25) is 5.90 Å². The molecule has 0 N–H and O–H groups in total. The fourth-order valence-corrected chi connectivity index (χ4v) is 0.981. The van der Waals surface area contributed by atoms with Crippen LogP contribution in [0.5, 0.6) is 5.75 Å². The summed E-state index contributed by atoms with van der Waals surface area (Å²) < 4.78 is 5.04. The van der Waals surface area contributed by atoms with E-state index in [1.54, 1.807) is 6.92 Å². The van der Waals surface area contributed by atoms with E-state index in [4.69, 9.17) is 9.57 Å². The lowest BCUT2D eigenvalue weighted by Gasteiger charge is -2.01. The van der Waals surface area contributed by atoms with E-state index >= 15 is 0 Å². The van der Waals surface area contributed by atoms with Gasteiger partial charge in [-0.3, -0.25) is 10.1 Å². The Morgan fingerprint density at radius 3 is 2.56 bits per heavy atom. The molecule has 0 aliphatic carbocycles. The average Bonchev–Trinajstić information content (AvgIpc) is 2.27. The van der Waals surface area contributed by atoms with Gasteiger partial charge >= 0.3 is 0 Å². The Morgan fingerprint density at radius 2 is 2.06 bits per heavy atom. The van der Waals surface area contributed by atoms with E-state index in [1.807, 2.05) is 6.92 Å². The van der Waals surface area contributed by atoms with E-state index < -0.39 is 4.92 Å². The van der Waals surface area contributed by atoms with E-state index in [0.717, 1.165) is 0 Å². The molecule has 0 amide bonds. The van der Waals surface area contributed by atoms with E-state index in [2.05, 4.69) is 5.16 Å². The predicted molar refractivity (Wildman–Crippen MR) is 58.5 cm³/mol. The topological polar surface area (TPSA) is 74.0 Å². The van der Waals surface area contributed by atoms with Gasteiger partial charge in [-0.05, 0) is 24.2 Å². The monoisotopic (exact) mass is 224 g/mol. The summed E-state index contributed by atoms with van der Waals surface area (Å²) in [4.78, 5) is 14.9. The maximum absolute atomic E-state index is 10.4. The van der Waals surface area contributed by atoms with Crippen LogP contribution in [0.15, 0.2) is 29.4 Å². The first-order chi connectivity index (χ1) is 7.63. The largest absolute Gasteiger partial charge is 0.479 e. The maximum Gasteiger partial charge on any atom is 0.269 e. The minimum absolute atomic E-state index is 0.0119. The number of hydrogen-bond acceptors (Lipinski definition) is 5. The quantitative estimate of drug-likeness (QED) is 0.340. The fraction of sp³-hybridized carbons (Fsp3) is 0.300. The van der Waals surface area contributed by atoms with E-state index in [-0.39, 0.29) is 5.69 Å². The third-order valence-electron chi connectivity index (χ3n) is 1.68. The highest BCUT2D eigenvalue weighted by Gasteiger charge is 2.04.